The van der Waals surface area contributed by atoms with E-state index in [1.165, 1.54) is 4.31 Å². The van der Waals surface area contributed by atoms with E-state index in [2.05, 4.69) is 21.2 Å². The number of benzene rings is 1. The molecule has 0 aromatic heterocycles. The lowest BCUT2D eigenvalue weighted by Crippen LogP contribution is -2.52. The molecule has 0 radical (unpaired) electrons. The predicted octanol–water partition coefficient (Wildman–Crippen LogP) is 1.20. The summed E-state index contributed by atoms with van der Waals surface area (Å²) in [7, 11) is -3.56. The van der Waals surface area contributed by atoms with Crippen LogP contribution >= 0.6 is 15.9 Å². The van der Waals surface area contributed by atoms with Crippen LogP contribution < -0.4 is 14.8 Å². The Morgan fingerprint density at radius 2 is 1.95 bits per heavy atom. The SMILES string of the molecule is C[C@H]1CNCCN1S(=O)(=O)c1cc2c(cc1Br)OCCO2. The lowest BCUT2D eigenvalue weighted by molar-refractivity contribution is 0.171. The van der Waals surface area contributed by atoms with Gasteiger partial charge in [-0.15, -0.1) is 0 Å². The second-order valence-corrected chi connectivity index (χ2v) is 7.81. The zero-order chi connectivity index (χ0) is 15.0. The fraction of sp³-hybridized carbons (Fsp3) is 0.538. The van der Waals surface area contributed by atoms with Crippen LogP contribution in [-0.4, -0.2) is 51.6 Å². The Morgan fingerprint density at radius 1 is 1.29 bits per heavy atom. The third-order valence-corrected chi connectivity index (χ3v) is 6.60. The molecule has 1 fully saturated rings. The van der Waals surface area contributed by atoms with E-state index in [1.54, 1.807) is 12.1 Å². The van der Waals surface area contributed by atoms with Crippen molar-refractivity contribution >= 4 is 26.0 Å². The molecule has 0 bridgehead atoms. The van der Waals surface area contributed by atoms with Crippen molar-refractivity contribution < 1.29 is 17.9 Å². The summed E-state index contributed by atoms with van der Waals surface area (Å²) in [5, 5.41) is 3.19. The van der Waals surface area contributed by atoms with Gasteiger partial charge in [0.25, 0.3) is 0 Å². The van der Waals surface area contributed by atoms with Crippen molar-refractivity contribution in [3.05, 3.63) is 16.6 Å². The summed E-state index contributed by atoms with van der Waals surface area (Å²) < 4.78 is 38.7. The van der Waals surface area contributed by atoms with Gasteiger partial charge in [-0.3, -0.25) is 0 Å². The smallest absolute Gasteiger partial charge is 0.244 e. The highest BCUT2D eigenvalue weighted by Gasteiger charge is 2.33. The lowest BCUT2D eigenvalue weighted by atomic mass is 10.3. The molecule has 0 aliphatic carbocycles. The third kappa shape index (κ3) is 2.77. The molecule has 8 heteroatoms. The third-order valence-electron chi connectivity index (χ3n) is 3.62. The second-order valence-electron chi connectivity index (χ2n) is 5.10. The summed E-state index contributed by atoms with van der Waals surface area (Å²) in [5.74, 6) is 1.05. The van der Waals surface area contributed by atoms with Gasteiger partial charge in [0.15, 0.2) is 11.5 Å². The molecule has 2 aliphatic heterocycles. The molecule has 1 N–H and O–H groups in total. The first-order valence-corrected chi connectivity index (χ1v) is 9.05. The highest BCUT2D eigenvalue weighted by molar-refractivity contribution is 9.10. The molecule has 1 aromatic rings. The van der Waals surface area contributed by atoms with Crippen molar-refractivity contribution in [3.63, 3.8) is 0 Å². The Labute approximate surface area is 132 Å². The van der Waals surface area contributed by atoms with Crippen LogP contribution in [0.1, 0.15) is 6.92 Å². The van der Waals surface area contributed by atoms with Crippen molar-refractivity contribution in [2.45, 2.75) is 17.9 Å². The summed E-state index contributed by atoms with van der Waals surface area (Å²) in [6.07, 6.45) is 0. The number of ether oxygens (including phenoxy) is 2. The number of fused-ring (bicyclic) bond motifs is 1. The number of halogens is 1. The van der Waals surface area contributed by atoms with Crippen LogP contribution in [0.2, 0.25) is 0 Å². The number of nitrogens with one attached hydrogen (secondary N) is 1. The minimum absolute atomic E-state index is 0.0798. The molecular formula is C13H17BrN2O4S. The fourth-order valence-electron chi connectivity index (χ4n) is 2.55. The average Bonchev–Trinajstić information content (AvgIpc) is 2.46. The largest absolute Gasteiger partial charge is 0.486 e. The first-order valence-electron chi connectivity index (χ1n) is 6.82. The van der Waals surface area contributed by atoms with E-state index < -0.39 is 10.0 Å². The van der Waals surface area contributed by atoms with Gasteiger partial charge in [-0.2, -0.15) is 4.31 Å². The Morgan fingerprint density at radius 3 is 2.62 bits per heavy atom. The molecule has 2 aliphatic rings. The Balaban J connectivity index is 2.02. The van der Waals surface area contributed by atoms with E-state index in [4.69, 9.17) is 9.47 Å². The maximum absolute atomic E-state index is 12.9. The van der Waals surface area contributed by atoms with Gasteiger partial charge in [0, 0.05) is 36.2 Å². The molecule has 6 nitrogen and oxygen atoms in total. The highest BCUT2D eigenvalue weighted by atomic mass is 79.9. The quantitative estimate of drug-likeness (QED) is 0.839. The molecule has 0 saturated carbocycles. The van der Waals surface area contributed by atoms with E-state index in [0.29, 0.717) is 48.8 Å². The highest BCUT2D eigenvalue weighted by Crippen LogP contribution is 2.38. The van der Waals surface area contributed by atoms with Gasteiger partial charge in [0.1, 0.15) is 18.1 Å². The Hall–Kier alpha value is -0.830. The van der Waals surface area contributed by atoms with Crippen molar-refractivity contribution in [1.82, 2.24) is 9.62 Å². The summed E-state index contributed by atoms with van der Waals surface area (Å²) in [6.45, 7) is 4.58. The monoisotopic (exact) mass is 376 g/mol. The van der Waals surface area contributed by atoms with Gasteiger partial charge in [0.05, 0.1) is 0 Å². The van der Waals surface area contributed by atoms with E-state index in [9.17, 15) is 8.42 Å². The van der Waals surface area contributed by atoms with Crippen LogP contribution in [0.5, 0.6) is 11.5 Å². The Bertz CT molecular complexity index is 650. The number of piperazine rings is 1. The number of sulfonamides is 1. The van der Waals surface area contributed by atoms with E-state index >= 15 is 0 Å². The molecular weight excluding hydrogens is 360 g/mol. The summed E-state index contributed by atoms with van der Waals surface area (Å²) >= 11 is 3.34. The maximum atomic E-state index is 12.9. The predicted molar refractivity (Wildman–Crippen MR) is 81.4 cm³/mol. The van der Waals surface area contributed by atoms with Crippen molar-refractivity contribution in [1.29, 1.82) is 0 Å². The zero-order valence-corrected chi connectivity index (χ0v) is 14.0. The van der Waals surface area contributed by atoms with Crippen molar-refractivity contribution in [2.75, 3.05) is 32.8 Å². The van der Waals surface area contributed by atoms with E-state index in [0.717, 1.165) is 0 Å². The number of hydrogen-bond acceptors (Lipinski definition) is 5. The van der Waals surface area contributed by atoms with Gasteiger partial charge in [0.2, 0.25) is 10.0 Å². The molecule has 0 amide bonds. The molecule has 1 saturated heterocycles. The maximum Gasteiger partial charge on any atom is 0.244 e. The van der Waals surface area contributed by atoms with Crippen LogP contribution in [0.25, 0.3) is 0 Å². The van der Waals surface area contributed by atoms with Gasteiger partial charge in [-0.25, -0.2) is 8.42 Å². The van der Waals surface area contributed by atoms with Crippen molar-refractivity contribution in [3.8, 4) is 11.5 Å². The van der Waals surface area contributed by atoms with E-state index in [1.807, 2.05) is 6.92 Å². The van der Waals surface area contributed by atoms with Crippen LogP contribution in [0.15, 0.2) is 21.5 Å². The van der Waals surface area contributed by atoms with Gasteiger partial charge < -0.3 is 14.8 Å². The van der Waals surface area contributed by atoms with Gasteiger partial charge in [-0.1, -0.05) is 0 Å². The molecule has 1 aromatic carbocycles. The minimum Gasteiger partial charge on any atom is -0.486 e. The fourth-order valence-corrected chi connectivity index (χ4v) is 5.18. The average molecular weight is 377 g/mol. The second kappa shape index (κ2) is 5.75. The first-order chi connectivity index (χ1) is 10.00. The number of hydrogen-bond donors (Lipinski definition) is 1. The first kappa shape index (κ1) is 15.1. The molecule has 2 heterocycles. The molecule has 116 valence electrons. The van der Waals surface area contributed by atoms with Crippen LogP contribution in [0.3, 0.4) is 0 Å². The zero-order valence-electron chi connectivity index (χ0n) is 11.6. The van der Waals surface area contributed by atoms with E-state index in [-0.39, 0.29) is 10.9 Å². The summed E-state index contributed by atoms with van der Waals surface area (Å²) in [4.78, 5) is 0.223. The van der Waals surface area contributed by atoms with Crippen molar-refractivity contribution in [2.24, 2.45) is 0 Å². The van der Waals surface area contributed by atoms with Gasteiger partial charge >= 0.3 is 0 Å². The number of nitrogens with zero attached hydrogens (tertiary/aromatic N) is 1. The molecule has 21 heavy (non-hydrogen) atoms. The molecule has 0 unspecified atom stereocenters. The van der Waals surface area contributed by atoms with Crippen LogP contribution in [-0.2, 0) is 10.0 Å². The Kier molecular flexibility index (Phi) is 4.13. The summed E-state index contributed by atoms with van der Waals surface area (Å²) in [5.41, 5.74) is 0. The molecule has 1 atom stereocenters. The topological polar surface area (TPSA) is 67.9 Å². The minimum atomic E-state index is -3.56. The molecule has 3 rings (SSSR count). The number of rotatable bonds is 2. The van der Waals surface area contributed by atoms with Crippen LogP contribution in [0, 0.1) is 0 Å². The normalized spacial score (nSPS) is 23.0. The summed E-state index contributed by atoms with van der Waals surface area (Å²) in [6, 6.07) is 3.13. The standard InChI is InChI=1S/C13H17BrN2O4S/c1-9-8-15-2-3-16(9)21(17,18)13-7-12-11(6-10(13)14)19-4-5-20-12/h6-7,9,15H,2-5,8H2,1H3/t9-/m0/s1. The molecule has 0 spiro atoms. The van der Waals surface area contributed by atoms with Gasteiger partial charge in [-0.05, 0) is 28.9 Å². The lowest BCUT2D eigenvalue weighted by Gasteiger charge is -2.33. The van der Waals surface area contributed by atoms with Crippen LogP contribution in [0.4, 0.5) is 0 Å².